The van der Waals surface area contributed by atoms with Crippen LogP contribution in [0.3, 0.4) is 0 Å². The van der Waals surface area contributed by atoms with Crippen molar-refractivity contribution in [1.82, 2.24) is 5.06 Å². The number of rotatable bonds is 10. The number of hydrogen-bond acceptors (Lipinski definition) is 4. The number of carbonyl (C=O) groups excluding carboxylic acids is 1. The highest BCUT2D eigenvalue weighted by Crippen LogP contribution is 2.63. The van der Waals surface area contributed by atoms with Crippen molar-refractivity contribution >= 4 is 5.97 Å². The van der Waals surface area contributed by atoms with Crippen LogP contribution in [0, 0.1) is 0 Å². The predicted molar refractivity (Wildman–Crippen MR) is 97.0 cm³/mol. The summed E-state index contributed by atoms with van der Waals surface area (Å²) < 4.78 is 47.3. The van der Waals surface area contributed by atoms with Gasteiger partial charge in [0.25, 0.3) is 0 Å². The van der Waals surface area contributed by atoms with Gasteiger partial charge in [0.05, 0.1) is 12.2 Å². The monoisotopic (exact) mass is 393 g/mol. The highest BCUT2D eigenvalue weighted by atomic mass is 19.4. The maximum absolute atomic E-state index is 14.1. The third kappa shape index (κ3) is 4.29. The fourth-order valence-electron chi connectivity index (χ4n) is 4.65. The number of hydroxylamine groups is 2. The van der Waals surface area contributed by atoms with E-state index < -0.39 is 28.8 Å². The number of unbranched alkanes of at least 4 members (excludes halogenated alkanes) is 6. The summed E-state index contributed by atoms with van der Waals surface area (Å²) in [6.07, 6.45) is 2.16. The van der Waals surface area contributed by atoms with Gasteiger partial charge >= 0.3 is 12.1 Å². The molecule has 2 fully saturated rings. The van der Waals surface area contributed by atoms with E-state index in [1.807, 2.05) is 0 Å². The lowest BCUT2D eigenvalue weighted by Gasteiger charge is -2.59. The van der Waals surface area contributed by atoms with Crippen LogP contribution in [-0.4, -0.2) is 40.5 Å². The van der Waals surface area contributed by atoms with Crippen molar-refractivity contribution < 1.29 is 27.5 Å². The Bertz CT molecular complexity index is 523. The number of hydrogen-bond donors (Lipinski definition) is 0. The first-order chi connectivity index (χ1) is 12.5. The molecule has 2 heterocycles. The van der Waals surface area contributed by atoms with E-state index in [1.165, 1.54) is 6.42 Å². The summed E-state index contributed by atoms with van der Waals surface area (Å²) in [5, 5.41) is 0.953. The van der Waals surface area contributed by atoms with Crippen molar-refractivity contribution in [2.24, 2.45) is 0 Å². The Balaban J connectivity index is 2.07. The van der Waals surface area contributed by atoms with Crippen molar-refractivity contribution in [3.63, 3.8) is 0 Å². The molecule has 158 valence electrons. The molecule has 0 aromatic carbocycles. The average Bonchev–Trinajstić information content (AvgIpc) is 2.78. The second-order valence-electron chi connectivity index (χ2n) is 8.65. The Labute approximate surface area is 160 Å². The standard InChI is InChI=1S/C20H34F3NO3/c1-5-7-8-9-10-11-12-13-19(20(21,22)23)15-18(16(25)26-6-2)14-17(3,4)27-24(18)19/h5-15H2,1-4H3. The Hall–Kier alpha value is -0.820. The van der Waals surface area contributed by atoms with Crippen molar-refractivity contribution in [2.75, 3.05) is 6.61 Å². The van der Waals surface area contributed by atoms with E-state index in [0.29, 0.717) is 6.42 Å². The Morgan fingerprint density at radius 1 is 1.04 bits per heavy atom. The third-order valence-electron chi connectivity index (χ3n) is 5.80. The maximum atomic E-state index is 14.1. The van der Waals surface area contributed by atoms with E-state index in [1.54, 1.807) is 20.8 Å². The van der Waals surface area contributed by atoms with E-state index in [0.717, 1.165) is 37.2 Å². The summed E-state index contributed by atoms with van der Waals surface area (Å²) in [6.45, 7) is 7.39. The molecule has 2 aliphatic heterocycles. The number of esters is 1. The first-order valence-corrected chi connectivity index (χ1v) is 10.3. The zero-order chi connectivity index (χ0) is 20.3. The van der Waals surface area contributed by atoms with Crippen molar-refractivity contribution in [3.05, 3.63) is 0 Å². The number of fused-ring (bicyclic) bond motifs is 1. The van der Waals surface area contributed by atoms with Gasteiger partial charge in [0, 0.05) is 12.8 Å². The van der Waals surface area contributed by atoms with Gasteiger partial charge in [0.2, 0.25) is 0 Å². The molecule has 0 bridgehead atoms. The molecule has 0 aromatic heterocycles. The molecule has 0 saturated carbocycles. The van der Waals surface area contributed by atoms with Crippen molar-refractivity contribution in [1.29, 1.82) is 0 Å². The molecule has 0 amide bonds. The fourth-order valence-corrected chi connectivity index (χ4v) is 4.65. The smallest absolute Gasteiger partial charge is 0.409 e. The highest BCUT2D eigenvalue weighted by Gasteiger charge is 2.80. The minimum absolute atomic E-state index is 0.0402. The van der Waals surface area contributed by atoms with E-state index in [9.17, 15) is 18.0 Å². The Morgan fingerprint density at radius 3 is 2.19 bits per heavy atom. The minimum Gasteiger partial charge on any atom is -0.465 e. The summed E-state index contributed by atoms with van der Waals surface area (Å²) in [6, 6.07) is 0. The zero-order valence-electron chi connectivity index (χ0n) is 17.1. The number of ether oxygens (including phenoxy) is 1. The first-order valence-electron chi connectivity index (χ1n) is 10.3. The largest absolute Gasteiger partial charge is 0.465 e. The van der Waals surface area contributed by atoms with Gasteiger partial charge in [-0.3, -0.25) is 4.84 Å². The van der Waals surface area contributed by atoms with E-state index >= 15 is 0 Å². The minimum atomic E-state index is -4.45. The van der Waals surface area contributed by atoms with Crippen LogP contribution >= 0.6 is 0 Å². The zero-order valence-corrected chi connectivity index (χ0v) is 17.1. The van der Waals surface area contributed by atoms with Crippen molar-refractivity contribution in [2.45, 2.75) is 115 Å². The normalized spacial score (nSPS) is 30.0. The van der Waals surface area contributed by atoms with Crippen LogP contribution in [0.1, 0.15) is 91.9 Å². The summed E-state index contributed by atoms with van der Waals surface area (Å²) in [5.41, 5.74) is -4.22. The summed E-state index contributed by atoms with van der Waals surface area (Å²) in [4.78, 5) is 18.2. The van der Waals surface area contributed by atoms with Crippen LogP contribution in [0.5, 0.6) is 0 Å². The van der Waals surface area contributed by atoms with Gasteiger partial charge < -0.3 is 4.74 Å². The molecule has 27 heavy (non-hydrogen) atoms. The summed E-state index contributed by atoms with van der Waals surface area (Å²) in [7, 11) is 0. The van der Waals surface area contributed by atoms with Gasteiger partial charge in [-0.2, -0.15) is 18.2 Å². The molecule has 2 unspecified atom stereocenters. The molecule has 0 spiro atoms. The highest BCUT2D eigenvalue weighted by molar-refractivity contribution is 5.83. The molecule has 4 nitrogen and oxygen atoms in total. The molecule has 0 aliphatic carbocycles. The first kappa shape index (κ1) is 22.5. The van der Waals surface area contributed by atoms with Crippen LogP contribution in [0.2, 0.25) is 0 Å². The SMILES string of the molecule is CCCCCCCCCC1(C(F)(F)F)CC2(C(=O)OCC)CC(C)(C)ON21. The van der Waals surface area contributed by atoms with Gasteiger partial charge in [-0.15, -0.1) is 0 Å². The van der Waals surface area contributed by atoms with Crippen LogP contribution in [0.15, 0.2) is 0 Å². The topological polar surface area (TPSA) is 38.8 Å². The number of carbonyl (C=O) groups is 1. The van der Waals surface area contributed by atoms with Gasteiger partial charge in [-0.1, -0.05) is 51.9 Å². The molecule has 0 N–H and O–H groups in total. The maximum Gasteiger partial charge on any atom is 0.409 e. The average molecular weight is 393 g/mol. The van der Waals surface area contributed by atoms with Gasteiger partial charge in [0.1, 0.15) is 11.1 Å². The predicted octanol–water partition coefficient (Wildman–Crippen LogP) is 5.55. The van der Waals surface area contributed by atoms with Crippen LogP contribution in [0.25, 0.3) is 0 Å². The van der Waals surface area contributed by atoms with E-state index in [2.05, 4.69) is 6.92 Å². The number of alkyl halides is 3. The lowest BCUT2D eigenvalue weighted by atomic mass is 9.65. The van der Waals surface area contributed by atoms with E-state index in [4.69, 9.17) is 9.57 Å². The second kappa shape index (κ2) is 8.27. The molecular weight excluding hydrogens is 359 g/mol. The van der Waals surface area contributed by atoms with Crippen LogP contribution in [0.4, 0.5) is 13.2 Å². The van der Waals surface area contributed by atoms with Gasteiger partial charge in [-0.25, -0.2) is 4.79 Å². The molecule has 2 rings (SSSR count). The lowest BCUT2D eigenvalue weighted by molar-refractivity contribution is -0.396. The van der Waals surface area contributed by atoms with Gasteiger partial charge in [0.15, 0.2) is 0 Å². The molecule has 0 aromatic rings. The summed E-state index contributed by atoms with van der Waals surface area (Å²) in [5.74, 6) is -0.602. The number of halogens is 3. The lowest BCUT2D eigenvalue weighted by Crippen LogP contribution is -2.78. The molecule has 0 radical (unpaired) electrons. The molecule has 7 heteroatoms. The summed E-state index contributed by atoms with van der Waals surface area (Å²) >= 11 is 0. The molecule has 2 saturated heterocycles. The Kier molecular flexibility index (Phi) is 6.89. The van der Waals surface area contributed by atoms with E-state index in [-0.39, 0.29) is 25.9 Å². The van der Waals surface area contributed by atoms with Gasteiger partial charge in [-0.05, 0) is 27.2 Å². The Morgan fingerprint density at radius 2 is 1.63 bits per heavy atom. The molecule has 2 atom stereocenters. The molecule has 2 aliphatic rings. The second-order valence-corrected chi connectivity index (χ2v) is 8.65. The molecular formula is C20H34F3NO3. The van der Waals surface area contributed by atoms with Crippen LogP contribution < -0.4 is 0 Å². The fraction of sp³-hybridized carbons (Fsp3) is 0.950. The number of nitrogens with zero attached hydrogens (tertiary/aromatic N) is 1. The van der Waals surface area contributed by atoms with Crippen molar-refractivity contribution in [3.8, 4) is 0 Å². The third-order valence-corrected chi connectivity index (χ3v) is 5.80. The quantitative estimate of drug-likeness (QED) is 0.360. The van der Waals surface area contributed by atoms with Crippen LogP contribution in [-0.2, 0) is 14.4 Å².